The first-order valence-electron chi connectivity index (χ1n) is 6.87. The van der Waals surface area contributed by atoms with Gasteiger partial charge in [0, 0.05) is 0 Å². The van der Waals surface area contributed by atoms with Crippen molar-refractivity contribution < 1.29 is 4.74 Å². The molecule has 0 bridgehead atoms. The average molecular weight is 268 g/mol. The highest BCUT2D eigenvalue weighted by Gasteiger charge is 2.30. The van der Waals surface area contributed by atoms with Gasteiger partial charge in [0.2, 0.25) is 0 Å². The van der Waals surface area contributed by atoms with E-state index in [0.717, 1.165) is 11.7 Å². The van der Waals surface area contributed by atoms with Crippen LogP contribution in [0.25, 0.3) is 0 Å². The normalized spacial score (nSPS) is 25.9. The third-order valence-corrected chi connectivity index (χ3v) is 5.19. The minimum absolute atomic E-state index is 0.245. The summed E-state index contributed by atoms with van der Waals surface area (Å²) in [6.07, 6.45) is 6.55. The molecule has 1 fully saturated rings. The maximum atomic E-state index is 5.81. The molecule has 1 aliphatic rings. The van der Waals surface area contributed by atoms with Gasteiger partial charge in [-0.05, 0) is 36.1 Å². The summed E-state index contributed by atoms with van der Waals surface area (Å²) in [6, 6.07) is 2.28. The topological polar surface area (TPSA) is 47.3 Å². The number of hydrogen-bond donors (Lipinski definition) is 2. The van der Waals surface area contributed by atoms with Crippen molar-refractivity contribution in [3.05, 3.63) is 16.3 Å². The summed E-state index contributed by atoms with van der Waals surface area (Å²) < 4.78 is 5.43. The van der Waals surface area contributed by atoms with E-state index < -0.39 is 0 Å². The fraction of sp³-hybridized carbons (Fsp3) is 0.714. The van der Waals surface area contributed by atoms with Gasteiger partial charge >= 0.3 is 0 Å². The minimum Gasteiger partial charge on any atom is -0.496 e. The highest BCUT2D eigenvalue weighted by molar-refractivity contribution is 7.10. The molecule has 3 N–H and O–H groups in total. The molecule has 3 nitrogen and oxygen atoms in total. The second-order valence-electron chi connectivity index (χ2n) is 5.20. The molecule has 2 rings (SSSR count). The number of nitrogens with two attached hydrogens (primary N) is 1. The Kier molecular flexibility index (Phi) is 5.03. The van der Waals surface area contributed by atoms with Crippen LogP contribution in [-0.2, 0) is 0 Å². The Hall–Kier alpha value is -0.580. The van der Waals surface area contributed by atoms with Gasteiger partial charge in [0.1, 0.15) is 5.75 Å². The molecule has 1 aromatic heterocycles. The molecular weight excluding hydrogens is 244 g/mol. The number of nitrogens with one attached hydrogen (secondary N) is 1. The third kappa shape index (κ3) is 2.87. The Morgan fingerprint density at radius 1 is 1.56 bits per heavy atom. The van der Waals surface area contributed by atoms with E-state index >= 15 is 0 Å². The molecule has 0 aromatic carbocycles. The predicted octanol–water partition coefficient (Wildman–Crippen LogP) is 3.48. The molecule has 102 valence electrons. The molecule has 3 atom stereocenters. The fourth-order valence-electron chi connectivity index (χ4n) is 3.14. The summed E-state index contributed by atoms with van der Waals surface area (Å²) in [5.41, 5.74) is 3.02. The number of rotatable bonds is 5. The summed E-state index contributed by atoms with van der Waals surface area (Å²) >= 11 is 1.74. The number of thiophene rings is 1. The van der Waals surface area contributed by atoms with Gasteiger partial charge in [0.15, 0.2) is 0 Å². The van der Waals surface area contributed by atoms with E-state index in [1.807, 2.05) is 6.07 Å². The van der Waals surface area contributed by atoms with Crippen molar-refractivity contribution in [2.24, 2.45) is 17.7 Å². The Balaban J connectivity index is 2.13. The van der Waals surface area contributed by atoms with E-state index in [2.05, 4.69) is 17.7 Å². The van der Waals surface area contributed by atoms with Gasteiger partial charge in [-0.2, -0.15) is 0 Å². The first kappa shape index (κ1) is 13.8. The standard InChI is InChI=1S/C14H24N2OS/c1-3-10-5-4-6-11(9-10)13(16-15)14-12(17-2)7-8-18-14/h7-8,10-11,13,16H,3-6,9,15H2,1-2H3. The van der Waals surface area contributed by atoms with Gasteiger partial charge in [0.25, 0.3) is 0 Å². The van der Waals surface area contributed by atoms with Crippen LogP contribution in [0.2, 0.25) is 0 Å². The lowest BCUT2D eigenvalue weighted by molar-refractivity contribution is 0.209. The number of ether oxygens (including phenoxy) is 1. The predicted molar refractivity (Wildman–Crippen MR) is 76.7 cm³/mol. The van der Waals surface area contributed by atoms with Gasteiger partial charge in [-0.3, -0.25) is 11.3 Å². The molecule has 0 radical (unpaired) electrons. The zero-order valence-electron chi connectivity index (χ0n) is 11.3. The molecule has 1 heterocycles. The van der Waals surface area contributed by atoms with Gasteiger partial charge in [-0.15, -0.1) is 11.3 Å². The lowest BCUT2D eigenvalue weighted by Crippen LogP contribution is -2.35. The average Bonchev–Trinajstić information content (AvgIpc) is 2.88. The van der Waals surface area contributed by atoms with Gasteiger partial charge in [0.05, 0.1) is 18.0 Å². The van der Waals surface area contributed by atoms with Gasteiger partial charge in [-0.25, -0.2) is 0 Å². The minimum atomic E-state index is 0.245. The SMILES string of the molecule is CCC1CCCC(C(NN)c2sccc2OC)C1. The zero-order chi connectivity index (χ0) is 13.0. The second-order valence-corrected chi connectivity index (χ2v) is 6.15. The van der Waals surface area contributed by atoms with Crippen molar-refractivity contribution in [1.82, 2.24) is 5.43 Å². The zero-order valence-corrected chi connectivity index (χ0v) is 12.1. The number of hydrazine groups is 1. The maximum Gasteiger partial charge on any atom is 0.134 e. The van der Waals surface area contributed by atoms with Gasteiger partial charge in [-0.1, -0.05) is 26.2 Å². The van der Waals surface area contributed by atoms with Crippen molar-refractivity contribution >= 4 is 11.3 Å². The smallest absolute Gasteiger partial charge is 0.134 e. The summed E-state index contributed by atoms with van der Waals surface area (Å²) in [7, 11) is 1.73. The monoisotopic (exact) mass is 268 g/mol. The fourth-order valence-corrected chi connectivity index (χ4v) is 4.15. The Morgan fingerprint density at radius 3 is 3.06 bits per heavy atom. The largest absolute Gasteiger partial charge is 0.496 e. The van der Waals surface area contributed by atoms with Crippen LogP contribution in [0, 0.1) is 11.8 Å². The Labute approximate surface area is 114 Å². The van der Waals surface area contributed by atoms with Crippen molar-refractivity contribution in [3.8, 4) is 5.75 Å². The molecule has 1 aliphatic carbocycles. The van der Waals surface area contributed by atoms with Gasteiger partial charge < -0.3 is 4.74 Å². The van der Waals surface area contributed by atoms with Crippen LogP contribution in [0.1, 0.15) is 49.9 Å². The molecular formula is C14H24N2OS. The van der Waals surface area contributed by atoms with Crippen molar-refractivity contribution in [1.29, 1.82) is 0 Å². The van der Waals surface area contributed by atoms with Crippen LogP contribution in [0.5, 0.6) is 5.75 Å². The summed E-state index contributed by atoms with van der Waals surface area (Å²) in [5, 5.41) is 2.08. The van der Waals surface area contributed by atoms with Crippen LogP contribution >= 0.6 is 11.3 Å². The Bertz CT molecular complexity index is 366. The Morgan fingerprint density at radius 2 is 2.39 bits per heavy atom. The molecule has 3 unspecified atom stereocenters. The highest BCUT2D eigenvalue weighted by atomic mass is 32.1. The van der Waals surface area contributed by atoms with E-state index in [4.69, 9.17) is 10.6 Å². The van der Waals surface area contributed by atoms with Crippen molar-refractivity contribution in [2.75, 3.05) is 7.11 Å². The van der Waals surface area contributed by atoms with Crippen molar-refractivity contribution in [2.45, 2.75) is 45.1 Å². The molecule has 1 saturated carbocycles. The molecule has 4 heteroatoms. The molecule has 0 aliphatic heterocycles. The highest BCUT2D eigenvalue weighted by Crippen LogP contribution is 2.42. The number of methoxy groups -OCH3 is 1. The molecule has 0 amide bonds. The van der Waals surface area contributed by atoms with Crippen LogP contribution in [-0.4, -0.2) is 7.11 Å². The summed E-state index contributed by atoms with van der Waals surface area (Å²) in [5.74, 6) is 8.29. The molecule has 0 spiro atoms. The van der Waals surface area contributed by atoms with E-state index in [9.17, 15) is 0 Å². The van der Waals surface area contributed by atoms with E-state index in [-0.39, 0.29) is 6.04 Å². The van der Waals surface area contributed by atoms with E-state index in [0.29, 0.717) is 5.92 Å². The molecule has 18 heavy (non-hydrogen) atoms. The first-order chi connectivity index (χ1) is 8.80. The molecule has 0 saturated heterocycles. The third-order valence-electron chi connectivity index (χ3n) is 4.21. The quantitative estimate of drug-likeness (QED) is 0.635. The first-order valence-corrected chi connectivity index (χ1v) is 7.75. The second kappa shape index (κ2) is 6.55. The van der Waals surface area contributed by atoms with Crippen LogP contribution in [0.4, 0.5) is 0 Å². The maximum absolute atomic E-state index is 5.81. The molecule has 1 aromatic rings. The van der Waals surface area contributed by atoms with Crippen molar-refractivity contribution in [3.63, 3.8) is 0 Å². The van der Waals surface area contributed by atoms with E-state index in [1.54, 1.807) is 18.4 Å². The number of hydrogen-bond acceptors (Lipinski definition) is 4. The van der Waals surface area contributed by atoms with Crippen LogP contribution < -0.4 is 16.0 Å². The lowest BCUT2D eigenvalue weighted by Gasteiger charge is -2.33. The summed E-state index contributed by atoms with van der Waals surface area (Å²) in [6.45, 7) is 2.30. The van der Waals surface area contributed by atoms with Crippen LogP contribution in [0.15, 0.2) is 11.4 Å². The lowest BCUT2D eigenvalue weighted by atomic mass is 9.76. The van der Waals surface area contributed by atoms with E-state index in [1.165, 1.54) is 37.0 Å². The van der Waals surface area contributed by atoms with Crippen LogP contribution in [0.3, 0.4) is 0 Å². The summed E-state index contributed by atoms with van der Waals surface area (Å²) in [4.78, 5) is 1.25.